The second-order valence-corrected chi connectivity index (χ2v) is 8.34. The quantitative estimate of drug-likeness (QED) is 0.198. The minimum Gasteiger partial charge on any atom is -0.385 e. The van der Waals surface area contributed by atoms with Crippen molar-refractivity contribution in [2.45, 2.75) is 6.42 Å². The molecule has 0 spiro atoms. The van der Waals surface area contributed by atoms with E-state index in [0.717, 1.165) is 54.2 Å². The molecular formula is C25H32N10+2. The summed E-state index contributed by atoms with van der Waals surface area (Å²) in [6.45, 7) is 1.74. The Balaban J connectivity index is 1.18. The van der Waals surface area contributed by atoms with E-state index in [-0.39, 0.29) is 0 Å². The fourth-order valence-electron chi connectivity index (χ4n) is 3.50. The lowest BCUT2D eigenvalue weighted by atomic mass is 10.2. The van der Waals surface area contributed by atoms with Crippen LogP contribution in [0, 0.1) is 0 Å². The predicted octanol–water partition coefficient (Wildman–Crippen LogP) is 4.76. The summed E-state index contributed by atoms with van der Waals surface area (Å²) in [6, 6.07) is 15.9. The molecule has 0 unspecified atom stereocenters. The fourth-order valence-corrected chi connectivity index (χ4v) is 3.50. The van der Waals surface area contributed by atoms with Crippen molar-refractivity contribution in [2.75, 3.05) is 23.7 Å². The minimum atomic E-state index is 0.792. The highest BCUT2D eigenvalue weighted by molar-refractivity contribution is 5.51. The Kier molecular flexibility index (Phi) is 7.61. The van der Waals surface area contributed by atoms with Gasteiger partial charge < -0.3 is 10.6 Å². The van der Waals surface area contributed by atoms with Gasteiger partial charge in [-0.15, -0.1) is 0 Å². The molecule has 2 aromatic carbocycles. The molecule has 0 bridgehead atoms. The zero-order chi connectivity index (χ0) is 24.6. The molecule has 0 amide bonds. The number of nitrogens with one attached hydrogen (secondary N) is 2. The van der Waals surface area contributed by atoms with E-state index in [1.807, 2.05) is 120 Å². The predicted molar refractivity (Wildman–Crippen MR) is 136 cm³/mol. The van der Waals surface area contributed by atoms with Gasteiger partial charge in [-0.2, -0.15) is 0 Å². The van der Waals surface area contributed by atoms with Crippen LogP contribution in [0.3, 0.4) is 0 Å². The molecule has 10 nitrogen and oxygen atoms in total. The van der Waals surface area contributed by atoms with Gasteiger partial charge in [0.15, 0.2) is 0 Å². The number of aryl methyl sites for hydroxylation is 4. The van der Waals surface area contributed by atoms with Crippen molar-refractivity contribution in [3.63, 3.8) is 0 Å². The maximum Gasteiger partial charge on any atom is 0.421 e. The van der Waals surface area contributed by atoms with Crippen LogP contribution in [-0.4, -0.2) is 22.2 Å². The average Bonchev–Trinajstić information content (AvgIpc) is 3.37. The first-order chi connectivity index (χ1) is 17.0. The minimum absolute atomic E-state index is 0.792. The van der Waals surface area contributed by atoms with Crippen molar-refractivity contribution in [1.82, 2.24) is 9.13 Å². The van der Waals surface area contributed by atoms with E-state index in [9.17, 15) is 0 Å². The standard InChI is InChI=1S/C25H30N10/c1-32-16-17-33(2)24(32)30-28-22-10-6-20(7-11-22)26-14-5-15-27-21-8-12-23(13-9-21)29-31-25-34(3)18-19-35(25)4/h6-13,16-19H,5,14-15H2,1-4H3/p+2. The first-order valence-corrected chi connectivity index (χ1v) is 11.5. The molecule has 2 heterocycles. The summed E-state index contributed by atoms with van der Waals surface area (Å²) < 4.78 is 7.72. The molecular weight excluding hydrogens is 440 g/mol. The molecule has 0 atom stereocenters. The van der Waals surface area contributed by atoms with Crippen LogP contribution in [0.1, 0.15) is 6.42 Å². The number of nitrogens with zero attached hydrogens (tertiary/aromatic N) is 8. The van der Waals surface area contributed by atoms with Crippen molar-refractivity contribution in [2.24, 2.45) is 48.6 Å². The first-order valence-electron chi connectivity index (χ1n) is 11.5. The summed E-state index contributed by atoms with van der Waals surface area (Å²) in [7, 11) is 7.80. The van der Waals surface area contributed by atoms with E-state index >= 15 is 0 Å². The molecule has 4 rings (SSSR count). The normalized spacial score (nSPS) is 11.5. The number of azo groups is 2. The lowest BCUT2D eigenvalue weighted by Gasteiger charge is -2.08. The van der Waals surface area contributed by atoms with Crippen LogP contribution in [0.2, 0.25) is 0 Å². The van der Waals surface area contributed by atoms with Crippen LogP contribution >= 0.6 is 0 Å². The maximum atomic E-state index is 4.32. The Labute approximate surface area is 205 Å². The topological polar surface area (TPSA) is 91.1 Å². The van der Waals surface area contributed by atoms with Gasteiger partial charge in [-0.25, -0.2) is 18.3 Å². The molecule has 0 aliphatic rings. The number of aromatic nitrogens is 4. The van der Waals surface area contributed by atoms with Gasteiger partial charge in [0, 0.05) is 34.7 Å². The molecule has 35 heavy (non-hydrogen) atoms. The lowest BCUT2D eigenvalue weighted by molar-refractivity contribution is -0.657. The second kappa shape index (κ2) is 11.2. The van der Waals surface area contributed by atoms with Gasteiger partial charge in [0.25, 0.3) is 0 Å². The highest BCUT2D eigenvalue weighted by Crippen LogP contribution is 2.20. The Morgan fingerprint density at radius 3 is 1.37 bits per heavy atom. The van der Waals surface area contributed by atoms with Crippen molar-refractivity contribution >= 4 is 34.6 Å². The van der Waals surface area contributed by atoms with E-state index in [1.165, 1.54) is 0 Å². The zero-order valence-electron chi connectivity index (χ0n) is 20.6. The molecule has 0 saturated carbocycles. The summed E-state index contributed by atoms with van der Waals surface area (Å²) in [5, 5.41) is 24.2. The average molecular weight is 473 g/mol. The lowest BCUT2D eigenvalue weighted by Crippen LogP contribution is -2.25. The first kappa shape index (κ1) is 23.8. The van der Waals surface area contributed by atoms with Crippen molar-refractivity contribution < 1.29 is 9.13 Å². The van der Waals surface area contributed by atoms with Crippen LogP contribution in [0.4, 0.5) is 34.6 Å². The monoisotopic (exact) mass is 472 g/mol. The van der Waals surface area contributed by atoms with Gasteiger partial charge in [-0.3, -0.25) is 0 Å². The van der Waals surface area contributed by atoms with E-state index in [0.29, 0.717) is 0 Å². The third-order valence-corrected chi connectivity index (χ3v) is 5.55. The number of hydrogen-bond donors (Lipinski definition) is 2. The summed E-state index contributed by atoms with van der Waals surface area (Å²) in [5.74, 6) is 1.58. The maximum absolute atomic E-state index is 4.32. The third kappa shape index (κ3) is 6.38. The Morgan fingerprint density at radius 2 is 1.03 bits per heavy atom. The third-order valence-electron chi connectivity index (χ3n) is 5.55. The van der Waals surface area contributed by atoms with Gasteiger partial charge in [0.1, 0.15) is 11.4 Å². The van der Waals surface area contributed by atoms with Crippen LogP contribution in [0.5, 0.6) is 0 Å². The second-order valence-electron chi connectivity index (χ2n) is 8.34. The van der Waals surface area contributed by atoms with Crippen molar-refractivity contribution in [3.8, 4) is 0 Å². The summed E-state index contributed by atoms with van der Waals surface area (Å²) in [5.41, 5.74) is 3.77. The number of hydrogen-bond acceptors (Lipinski definition) is 6. The summed E-state index contributed by atoms with van der Waals surface area (Å²) in [4.78, 5) is 0. The number of benzene rings is 2. The van der Waals surface area contributed by atoms with E-state index in [4.69, 9.17) is 0 Å². The van der Waals surface area contributed by atoms with Crippen LogP contribution in [0.25, 0.3) is 0 Å². The zero-order valence-corrected chi connectivity index (χ0v) is 20.6. The SMILES string of the molecule is Cn1cc[n+](C)c1N=Nc1ccc(NCCCNc2ccc(/N=N/c3n(C)cc[n+]3C)cc2)cc1. The molecule has 0 fully saturated rings. The Bertz CT molecular complexity index is 1160. The van der Waals surface area contributed by atoms with Crippen LogP contribution in [-0.2, 0) is 28.2 Å². The summed E-state index contributed by atoms with van der Waals surface area (Å²) in [6.07, 6.45) is 8.78. The van der Waals surface area contributed by atoms with Gasteiger partial charge >= 0.3 is 11.9 Å². The molecule has 10 heteroatoms. The van der Waals surface area contributed by atoms with E-state index in [1.54, 1.807) is 0 Å². The highest BCUT2D eigenvalue weighted by atomic mass is 15.3. The number of anilines is 2. The molecule has 0 aliphatic heterocycles. The molecule has 0 aliphatic carbocycles. The van der Waals surface area contributed by atoms with E-state index < -0.39 is 0 Å². The Hall–Kier alpha value is -4.34. The smallest absolute Gasteiger partial charge is 0.385 e. The molecule has 0 saturated heterocycles. The van der Waals surface area contributed by atoms with Crippen molar-refractivity contribution in [3.05, 3.63) is 73.3 Å². The molecule has 0 radical (unpaired) electrons. The van der Waals surface area contributed by atoms with Crippen LogP contribution < -0.4 is 19.8 Å². The van der Waals surface area contributed by atoms with Gasteiger partial charge in [-0.05, 0) is 55.0 Å². The van der Waals surface area contributed by atoms with Crippen molar-refractivity contribution in [1.29, 1.82) is 0 Å². The highest BCUT2D eigenvalue weighted by Gasteiger charge is 2.11. The molecule has 180 valence electrons. The fraction of sp³-hybridized carbons (Fsp3) is 0.280. The van der Waals surface area contributed by atoms with E-state index in [2.05, 4.69) is 31.1 Å². The molecule has 2 N–H and O–H groups in total. The number of imidazole rings is 2. The summed E-state index contributed by atoms with van der Waals surface area (Å²) >= 11 is 0. The van der Waals surface area contributed by atoms with Gasteiger partial charge in [0.2, 0.25) is 0 Å². The van der Waals surface area contributed by atoms with Crippen LogP contribution in [0.15, 0.2) is 93.8 Å². The van der Waals surface area contributed by atoms with Gasteiger partial charge in [-0.1, -0.05) is 10.2 Å². The largest absolute Gasteiger partial charge is 0.421 e. The molecule has 4 aromatic rings. The number of rotatable bonds is 10. The Morgan fingerprint density at radius 1 is 0.629 bits per heavy atom. The molecule has 2 aromatic heterocycles. The van der Waals surface area contributed by atoms with Gasteiger partial charge in [0.05, 0.1) is 53.0 Å².